The Hall–Kier alpha value is -0.420. The van der Waals surface area contributed by atoms with Gasteiger partial charge < -0.3 is 4.74 Å². The molecule has 0 aliphatic carbocycles. The van der Waals surface area contributed by atoms with Crippen LogP contribution in [0.1, 0.15) is 117 Å². The number of hydrogen-bond acceptors (Lipinski definition) is 4. The zero-order valence-corrected chi connectivity index (χ0v) is 27.1. The van der Waals surface area contributed by atoms with E-state index in [4.69, 9.17) is 4.74 Å². The van der Waals surface area contributed by atoms with Crippen LogP contribution in [-0.4, -0.2) is 75.9 Å². The molecule has 0 aromatic rings. The smallest absolute Gasteiger partial charge is 0.0998 e. The predicted octanol–water partition coefficient (Wildman–Crippen LogP) is 7.69. The van der Waals surface area contributed by atoms with E-state index in [1.165, 1.54) is 19.4 Å². The Morgan fingerprint density at radius 1 is 0.667 bits per heavy atom. The van der Waals surface area contributed by atoms with Crippen LogP contribution in [0.5, 0.6) is 0 Å². The molecular formula is C32H65N3O. The Balaban J connectivity index is 0.000000270. The Kier molecular flexibility index (Phi) is 12.7. The summed E-state index contributed by atoms with van der Waals surface area (Å²) in [6.07, 6.45) is 7.42. The molecule has 2 saturated heterocycles. The van der Waals surface area contributed by atoms with E-state index in [1.807, 2.05) is 0 Å². The molecule has 4 nitrogen and oxygen atoms in total. The predicted molar refractivity (Wildman–Crippen MR) is 160 cm³/mol. The molecule has 2 fully saturated rings. The van der Waals surface area contributed by atoms with Gasteiger partial charge in [-0.05, 0) is 99.5 Å². The third-order valence-corrected chi connectivity index (χ3v) is 8.02. The molecule has 3 heterocycles. The van der Waals surface area contributed by atoms with Gasteiger partial charge >= 0.3 is 0 Å². The van der Waals surface area contributed by atoms with Gasteiger partial charge in [0.25, 0.3) is 0 Å². The lowest BCUT2D eigenvalue weighted by atomic mass is 9.97. The SMILES string of the molecule is CC(C)C1C=CCN1C(C)(C)C.CC(C)C1CCCN1C(C)(C)C.CC(C)C1COCN1C(C)(C)C. The number of likely N-dealkylation sites (tertiary alicyclic amines) is 1. The summed E-state index contributed by atoms with van der Waals surface area (Å²) < 4.78 is 5.48. The van der Waals surface area contributed by atoms with Gasteiger partial charge in [-0.3, -0.25) is 14.7 Å². The van der Waals surface area contributed by atoms with Crippen molar-refractivity contribution in [2.24, 2.45) is 17.8 Å². The van der Waals surface area contributed by atoms with Crippen molar-refractivity contribution in [3.05, 3.63) is 12.2 Å². The van der Waals surface area contributed by atoms with Gasteiger partial charge in [0.05, 0.1) is 13.3 Å². The maximum atomic E-state index is 5.48. The van der Waals surface area contributed by atoms with Crippen LogP contribution >= 0.6 is 0 Å². The molecule has 3 aliphatic rings. The second-order valence-electron chi connectivity index (χ2n) is 15.3. The first-order valence-electron chi connectivity index (χ1n) is 14.8. The average Bonchev–Trinajstić information content (AvgIpc) is 3.47. The topological polar surface area (TPSA) is 19.0 Å². The summed E-state index contributed by atoms with van der Waals surface area (Å²) in [5, 5.41) is 0. The monoisotopic (exact) mass is 508 g/mol. The van der Waals surface area contributed by atoms with Gasteiger partial charge in [-0.1, -0.05) is 53.7 Å². The summed E-state index contributed by atoms with van der Waals surface area (Å²) in [4.78, 5) is 7.66. The highest BCUT2D eigenvalue weighted by Gasteiger charge is 2.36. The van der Waals surface area contributed by atoms with Crippen LogP contribution in [0.4, 0.5) is 0 Å². The van der Waals surface area contributed by atoms with Gasteiger partial charge in [-0.2, -0.15) is 0 Å². The molecule has 4 heteroatoms. The van der Waals surface area contributed by atoms with Crippen LogP contribution in [0.3, 0.4) is 0 Å². The van der Waals surface area contributed by atoms with Crippen molar-refractivity contribution in [2.75, 3.05) is 26.4 Å². The largest absolute Gasteiger partial charge is 0.364 e. The summed E-state index contributed by atoms with van der Waals surface area (Å²) >= 11 is 0. The van der Waals surface area contributed by atoms with Crippen LogP contribution in [-0.2, 0) is 4.74 Å². The minimum Gasteiger partial charge on any atom is -0.364 e. The second-order valence-corrected chi connectivity index (χ2v) is 15.3. The lowest BCUT2D eigenvalue weighted by Gasteiger charge is -2.38. The summed E-state index contributed by atoms with van der Waals surface area (Å²) in [6.45, 7) is 38.5. The Bertz CT molecular complexity index is 595. The quantitative estimate of drug-likeness (QED) is 0.364. The van der Waals surface area contributed by atoms with Crippen molar-refractivity contribution >= 4 is 0 Å². The summed E-state index contributed by atoms with van der Waals surface area (Å²) in [5.41, 5.74) is 0.912. The van der Waals surface area contributed by atoms with Crippen molar-refractivity contribution in [3.8, 4) is 0 Å². The lowest BCUT2D eigenvalue weighted by molar-refractivity contribution is 0.0620. The molecule has 36 heavy (non-hydrogen) atoms. The number of rotatable bonds is 3. The fraction of sp³-hybridized carbons (Fsp3) is 0.938. The molecule has 3 unspecified atom stereocenters. The minimum absolute atomic E-state index is 0.242. The van der Waals surface area contributed by atoms with Gasteiger partial charge in [0.1, 0.15) is 0 Å². The van der Waals surface area contributed by atoms with Crippen molar-refractivity contribution in [1.82, 2.24) is 14.7 Å². The first kappa shape index (κ1) is 33.6. The van der Waals surface area contributed by atoms with E-state index in [0.717, 1.165) is 37.8 Å². The zero-order valence-electron chi connectivity index (χ0n) is 27.1. The van der Waals surface area contributed by atoms with E-state index < -0.39 is 0 Å². The number of ether oxygens (including phenoxy) is 1. The minimum atomic E-state index is 0.242. The summed E-state index contributed by atoms with van der Waals surface area (Å²) in [7, 11) is 0. The molecule has 214 valence electrons. The zero-order chi connectivity index (χ0) is 28.1. The molecular weight excluding hydrogens is 442 g/mol. The maximum Gasteiger partial charge on any atom is 0.0998 e. The van der Waals surface area contributed by atoms with E-state index in [2.05, 4.69) is 131 Å². The van der Waals surface area contributed by atoms with E-state index in [9.17, 15) is 0 Å². The van der Waals surface area contributed by atoms with Crippen LogP contribution in [0.15, 0.2) is 12.2 Å². The van der Waals surface area contributed by atoms with Crippen molar-refractivity contribution < 1.29 is 4.74 Å². The van der Waals surface area contributed by atoms with Gasteiger partial charge in [-0.15, -0.1) is 0 Å². The Labute approximate surface area is 227 Å². The average molecular weight is 508 g/mol. The van der Waals surface area contributed by atoms with Gasteiger partial charge in [0.15, 0.2) is 0 Å². The normalized spacial score (nSPS) is 26.6. The first-order chi connectivity index (χ1) is 16.3. The van der Waals surface area contributed by atoms with Gasteiger partial charge in [0, 0.05) is 41.3 Å². The molecule has 0 bridgehead atoms. The van der Waals surface area contributed by atoms with E-state index >= 15 is 0 Å². The maximum absolute atomic E-state index is 5.48. The second kappa shape index (κ2) is 13.6. The molecule has 0 radical (unpaired) electrons. The third-order valence-electron chi connectivity index (χ3n) is 8.02. The van der Waals surface area contributed by atoms with Gasteiger partial charge in [-0.25, -0.2) is 0 Å². The fourth-order valence-electron chi connectivity index (χ4n) is 5.86. The van der Waals surface area contributed by atoms with Crippen LogP contribution in [0.25, 0.3) is 0 Å². The van der Waals surface area contributed by atoms with Crippen LogP contribution in [0, 0.1) is 17.8 Å². The summed E-state index contributed by atoms with van der Waals surface area (Å²) in [5.74, 6) is 2.22. The highest BCUT2D eigenvalue weighted by Crippen LogP contribution is 2.30. The number of nitrogens with zero attached hydrogens (tertiary/aromatic N) is 3. The Morgan fingerprint density at radius 2 is 1.17 bits per heavy atom. The molecule has 0 N–H and O–H groups in total. The molecule has 0 aromatic carbocycles. The standard InChI is InChI=1S/C11H23N.C11H21N.C10H21NO/c2*1-9(2)10-7-6-8-12(10)11(3,4)5;1-8(2)9-6-12-7-11(9)10(3,4)5/h9-10H,6-8H2,1-5H3;6-7,9-10H,8H2,1-5H3;8-9H,6-7H2,1-5H3. The fourth-order valence-corrected chi connectivity index (χ4v) is 5.86. The third kappa shape index (κ3) is 10.0. The van der Waals surface area contributed by atoms with Crippen molar-refractivity contribution in [1.29, 1.82) is 0 Å². The van der Waals surface area contributed by atoms with Crippen molar-refractivity contribution in [3.63, 3.8) is 0 Å². The molecule has 3 atom stereocenters. The van der Waals surface area contributed by atoms with E-state index in [1.54, 1.807) is 0 Å². The summed E-state index contributed by atoms with van der Waals surface area (Å²) in [6, 6.07) is 2.07. The van der Waals surface area contributed by atoms with Crippen LogP contribution in [0.2, 0.25) is 0 Å². The van der Waals surface area contributed by atoms with Crippen LogP contribution < -0.4 is 0 Å². The molecule has 0 saturated carbocycles. The Morgan fingerprint density at radius 3 is 1.50 bits per heavy atom. The molecule has 0 spiro atoms. The number of hydrogen-bond donors (Lipinski definition) is 0. The van der Waals surface area contributed by atoms with Crippen molar-refractivity contribution in [2.45, 2.75) is 151 Å². The van der Waals surface area contributed by atoms with E-state index in [0.29, 0.717) is 29.1 Å². The molecule has 0 aromatic heterocycles. The molecule has 0 amide bonds. The highest BCUT2D eigenvalue weighted by atomic mass is 16.5. The lowest BCUT2D eigenvalue weighted by Crippen LogP contribution is -2.47. The van der Waals surface area contributed by atoms with E-state index in [-0.39, 0.29) is 5.54 Å². The van der Waals surface area contributed by atoms with Gasteiger partial charge in [0.2, 0.25) is 0 Å². The first-order valence-corrected chi connectivity index (χ1v) is 14.8. The highest BCUT2D eigenvalue weighted by molar-refractivity contribution is 5.08. The molecule has 3 aliphatic heterocycles. The molecule has 3 rings (SSSR count).